The van der Waals surface area contributed by atoms with Crippen LogP contribution in [0.1, 0.15) is 12.8 Å². The first-order valence-corrected chi connectivity index (χ1v) is 8.86. The van der Waals surface area contributed by atoms with Gasteiger partial charge in [-0.15, -0.1) is 0 Å². The number of nitrogens with one attached hydrogen (secondary N) is 2. The van der Waals surface area contributed by atoms with E-state index in [0.29, 0.717) is 12.8 Å². The Morgan fingerprint density at radius 3 is 2.46 bits per heavy atom. The van der Waals surface area contributed by atoms with Crippen LogP contribution in [0.2, 0.25) is 0 Å². The summed E-state index contributed by atoms with van der Waals surface area (Å²) in [4.78, 5) is 38.2. The van der Waals surface area contributed by atoms with Crippen LogP contribution in [0.3, 0.4) is 0 Å². The number of rotatable bonds is 6. The zero-order valence-corrected chi connectivity index (χ0v) is 14.6. The number of aldehydes is 1. The van der Waals surface area contributed by atoms with Gasteiger partial charge in [-0.1, -0.05) is 0 Å². The van der Waals surface area contributed by atoms with Crippen molar-refractivity contribution in [3.05, 3.63) is 24.3 Å². The van der Waals surface area contributed by atoms with Gasteiger partial charge >= 0.3 is 0 Å². The van der Waals surface area contributed by atoms with Crippen molar-refractivity contribution in [3.63, 3.8) is 0 Å². The molecule has 8 nitrogen and oxygen atoms in total. The molecule has 2 aliphatic heterocycles. The summed E-state index contributed by atoms with van der Waals surface area (Å²) in [5.41, 5.74) is 1.91. The number of aliphatic hydroxyl groups is 1. The molecule has 0 saturated carbocycles. The minimum atomic E-state index is -0.419. The predicted molar refractivity (Wildman–Crippen MR) is 97.0 cm³/mol. The topological polar surface area (TPSA) is 102 Å². The van der Waals surface area contributed by atoms with Crippen LogP contribution in [0, 0.1) is 0 Å². The Kier molecular flexibility index (Phi) is 5.85. The lowest BCUT2D eigenvalue weighted by atomic mass is 10.1. The van der Waals surface area contributed by atoms with Crippen LogP contribution in [-0.4, -0.2) is 73.0 Å². The van der Waals surface area contributed by atoms with Crippen LogP contribution in [0.25, 0.3) is 0 Å². The number of nitrogens with zero attached hydrogens (tertiary/aromatic N) is 2. The fourth-order valence-corrected chi connectivity index (χ4v) is 3.36. The lowest BCUT2D eigenvalue weighted by Gasteiger charge is -2.38. The molecular weight excluding hydrogens is 336 g/mol. The number of benzene rings is 1. The SMILES string of the molecule is O=CC(CO)N1CCN(c2ccc(NC3CCC(=O)NC3=O)cc2)CC1. The van der Waals surface area contributed by atoms with Crippen molar-refractivity contribution >= 4 is 29.5 Å². The molecule has 2 atom stereocenters. The normalized spacial score (nSPS) is 22.7. The predicted octanol–water partition coefficient (Wildman–Crippen LogP) is -0.414. The molecule has 8 heteroatoms. The van der Waals surface area contributed by atoms with Gasteiger partial charge in [0, 0.05) is 44.0 Å². The number of imide groups is 1. The summed E-state index contributed by atoms with van der Waals surface area (Å²) in [7, 11) is 0. The van der Waals surface area contributed by atoms with Crippen molar-refractivity contribution in [1.82, 2.24) is 10.2 Å². The molecule has 2 aliphatic rings. The summed E-state index contributed by atoms with van der Waals surface area (Å²) >= 11 is 0. The quantitative estimate of drug-likeness (QED) is 0.468. The second-order valence-electron chi connectivity index (χ2n) is 6.60. The molecule has 0 aromatic heterocycles. The molecule has 2 amide bonds. The molecule has 26 heavy (non-hydrogen) atoms. The number of hydrogen-bond acceptors (Lipinski definition) is 7. The highest BCUT2D eigenvalue weighted by Crippen LogP contribution is 2.21. The van der Waals surface area contributed by atoms with Gasteiger partial charge in [0.25, 0.3) is 0 Å². The van der Waals surface area contributed by atoms with E-state index in [0.717, 1.165) is 43.8 Å². The van der Waals surface area contributed by atoms with Crippen LogP contribution < -0.4 is 15.5 Å². The first-order chi connectivity index (χ1) is 12.6. The van der Waals surface area contributed by atoms with Gasteiger partial charge in [0.15, 0.2) is 0 Å². The van der Waals surface area contributed by atoms with Gasteiger partial charge in [-0.2, -0.15) is 0 Å². The molecule has 0 aliphatic carbocycles. The summed E-state index contributed by atoms with van der Waals surface area (Å²) in [6, 6.07) is 7.03. The van der Waals surface area contributed by atoms with Crippen molar-refractivity contribution < 1.29 is 19.5 Å². The third-order valence-corrected chi connectivity index (χ3v) is 4.94. The minimum absolute atomic E-state index is 0.149. The second-order valence-corrected chi connectivity index (χ2v) is 6.60. The lowest BCUT2D eigenvalue weighted by molar-refractivity contribution is -0.133. The van der Waals surface area contributed by atoms with Crippen molar-refractivity contribution in [3.8, 4) is 0 Å². The Balaban J connectivity index is 1.54. The number of piperazine rings is 1. The maximum atomic E-state index is 11.8. The third kappa shape index (κ3) is 4.20. The standard InChI is InChI=1S/C18H24N4O4/c23-11-15(12-24)22-9-7-21(8-10-22)14-3-1-13(2-4-14)19-16-5-6-17(25)20-18(16)26/h1-4,11,15-16,19,24H,5-10,12H2,(H,20,25,26). The van der Waals surface area contributed by atoms with Gasteiger partial charge in [-0.25, -0.2) is 0 Å². The Morgan fingerprint density at radius 2 is 1.88 bits per heavy atom. The van der Waals surface area contributed by atoms with Crippen LogP contribution >= 0.6 is 0 Å². The molecule has 2 unspecified atom stereocenters. The number of carbonyl (C=O) groups excluding carboxylic acids is 3. The molecule has 2 heterocycles. The molecule has 3 N–H and O–H groups in total. The summed E-state index contributed by atoms with van der Waals surface area (Å²) in [6.45, 7) is 2.86. The highest BCUT2D eigenvalue weighted by atomic mass is 16.3. The maximum absolute atomic E-state index is 11.8. The molecule has 1 aromatic rings. The summed E-state index contributed by atoms with van der Waals surface area (Å²) < 4.78 is 0. The number of anilines is 2. The largest absolute Gasteiger partial charge is 0.394 e. The zero-order chi connectivity index (χ0) is 18.5. The second kappa shape index (κ2) is 8.29. The van der Waals surface area contributed by atoms with Gasteiger partial charge in [0.1, 0.15) is 12.3 Å². The van der Waals surface area contributed by atoms with E-state index in [-0.39, 0.29) is 24.5 Å². The fraction of sp³-hybridized carbons (Fsp3) is 0.500. The minimum Gasteiger partial charge on any atom is -0.394 e. The van der Waals surface area contributed by atoms with Crippen LogP contribution in [0.5, 0.6) is 0 Å². The van der Waals surface area contributed by atoms with E-state index in [1.807, 2.05) is 29.2 Å². The van der Waals surface area contributed by atoms with Gasteiger partial charge in [-0.3, -0.25) is 19.8 Å². The maximum Gasteiger partial charge on any atom is 0.249 e. The Bertz CT molecular complexity index is 656. The summed E-state index contributed by atoms with van der Waals surface area (Å²) in [5, 5.41) is 14.7. The summed E-state index contributed by atoms with van der Waals surface area (Å²) in [6.07, 6.45) is 1.64. The first kappa shape index (κ1) is 18.3. The Hall–Kier alpha value is -2.45. The zero-order valence-electron chi connectivity index (χ0n) is 14.6. The van der Waals surface area contributed by atoms with E-state index >= 15 is 0 Å². The number of amides is 2. The molecule has 0 spiro atoms. The van der Waals surface area contributed by atoms with E-state index in [4.69, 9.17) is 0 Å². The first-order valence-electron chi connectivity index (χ1n) is 8.86. The number of piperidine rings is 1. The molecular formula is C18H24N4O4. The smallest absolute Gasteiger partial charge is 0.249 e. The van der Waals surface area contributed by atoms with Crippen molar-refractivity contribution in [2.24, 2.45) is 0 Å². The van der Waals surface area contributed by atoms with E-state index in [1.165, 1.54) is 0 Å². The lowest BCUT2D eigenvalue weighted by Crippen LogP contribution is -2.52. The number of aliphatic hydroxyl groups excluding tert-OH is 1. The van der Waals surface area contributed by atoms with E-state index in [9.17, 15) is 19.5 Å². The van der Waals surface area contributed by atoms with Gasteiger partial charge in [0.05, 0.1) is 12.6 Å². The van der Waals surface area contributed by atoms with Crippen molar-refractivity contribution in [2.75, 3.05) is 43.0 Å². The Labute approximate surface area is 152 Å². The molecule has 0 bridgehead atoms. The number of carbonyl (C=O) groups is 3. The van der Waals surface area contributed by atoms with Crippen LogP contribution in [0.15, 0.2) is 24.3 Å². The van der Waals surface area contributed by atoms with Crippen LogP contribution in [-0.2, 0) is 14.4 Å². The molecule has 0 radical (unpaired) electrons. The average molecular weight is 360 g/mol. The molecule has 3 rings (SSSR count). The molecule has 140 valence electrons. The van der Waals surface area contributed by atoms with E-state index in [2.05, 4.69) is 15.5 Å². The fourth-order valence-electron chi connectivity index (χ4n) is 3.36. The van der Waals surface area contributed by atoms with E-state index < -0.39 is 6.04 Å². The van der Waals surface area contributed by atoms with Crippen LogP contribution in [0.4, 0.5) is 11.4 Å². The van der Waals surface area contributed by atoms with E-state index in [1.54, 1.807) is 0 Å². The third-order valence-electron chi connectivity index (χ3n) is 4.94. The van der Waals surface area contributed by atoms with Gasteiger partial charge in [-0.05, 0) is 30.7 Å². The molecule has 2 fully saturated rings. The summed E-state index contributed by atoms with van der Waals surface area (Å²) in [5.74, 6) is -0.504. The Morgan fingerprint density at radius 1 is 1.19 bits per heavy atom. The molecule has 2 saturated heterocycles. The van der Waals surface area contributed by atoms with Crippen molar-refractivity contribution in [1.29, 1.82) is 0 Å². The highest BCUT2D eigenvalue weighted by Gasteiger charge is 2.26. The monoisotopic (exact) mass is 360 g/mol. The number of hydrogen-bond donors (Lipinski definition) is 3. The highest BCUT2D eigenvalue weighted by molar-refractivity contribution is 6.01. The molecule has 1 aromatic carbocycles. The average Bonchev–Trinajstić information content (AvgIpc) is 2.66. The van der Waals surface area contributed by atoms with Gasteiger partial charge < -0.3 is 20.1 Å². The van der Waals surface area contributed by atoms with Crippen molar-refractivity contribution in [2.45, 2.75) is 24.9 Å². The van der Waals surface area contributed by atoms with Gasteiger partial charge in [0.2, 0.25) is 11.8 Å².